The van der Waals surface area contributed by atoms with Gasteiger partial charge in [0.05, 0.1) is 17.5 Å². The van der Waals surface area contributed by atoms with Gasteiger partial charge in [-0.15, -0.1) is 0 Å². The Labute approximate surface area is 223 Å². The van der Waals surface area contributed by atoms with E-state index in [4.69, 9.17) is 16.3 Å². The van der Waals surface area contributed by atoms with Gasteiger partial charge in [0.25, 0.3) is 0 Å². The number of rotatable bonds is 2. The van der Waals surface area contributed by atoms with Crippen LogP contribution in [0.5, 0.6) is 0 Å². The van der Waals surface area contributed by atoms with Crippen LogP contribution in [0.3, 0.4) is 0 Å². The number of carbonyl (C=O) groups is 1. The normalized spacial score (nSPS) is 19.4. The summed E-state index contributed by atoms with van der Waals surface area (Å²) in [5, 5.41) is 1.23. The number of benzene rings is 2. The zero-order valence-corrected chi connectivity index (χ0v) is 22.0. The van der Waals surface area contributed by atoms with E-state index in [0.717, 1.165) is 12.8 Å². The van der Waals surface area contributed by atoms with Gasteiger partial charge in [-0.25, -0.2) is 18.6 Å². The second-order valence-corrected chi connectivity index (χ2v) is 11.2. The minimum atomic E-state index is -0.695. The molecule has 2 bridgehead atoms. The van der Waals surface area contributed by atoms with Gasteiger partial charge in [0, 0.05) is 30.2 Å². The fourth-order valence-corrected chi connectivity index (χ4v) is 5.79. The monoisotopic (exact) mass is 537 g/mol. The molecule has 0 aliphatic carbocycles. The highest BCUT2D eigenvalue weighted by Gasteiger charge is 2.45. The zero-order valence-electron chi connectivity index (χ0n) is 21.2. The number of halogens is 3. The fourth-order valence-electron chi connectivity index (χ4n) is 5.63. The molecule has 6 rings (SSSR count). The number of hydrogen-bond donors (Lipinski definition) is 0. The number of piperazine rings is 1. The summed E-state index contributed by atoms with van der Waals surface area (Å²) in [6, 6.07) is 9.73. The first-order valence-electron chi connectivity index (χ1n) is 12.6. The first kappa shape index (κ1) is 24.7. The third kappa shape index (κ3) is 4.18. The molecule has 38 heavy (non-hydrogen) atoms. The second kappa shape index (κ2) is 9.01. The van der Waals surface area contributed by atoms with Crippen molar-refractivity contribution < 1.29 is 18.3 Å². The van der Waals surface area contributed by atoms with Crippen molar-refractivity contribution in [2.45, 2.75) is 51.3 Å². The molecule has 4 heterocycles. The fraction of sp³-hybridized carbons (Fsp3) is 0.357. The number of hydrogen-bond acceptors (Lipinski definition) is 6. The molecule has 0 spiro atoms. The quantitative estimate of drug-likeness (QED) is 0.277. The van der Waals surface area contributed by atoms with Crippen LogP contribution in [0.4, 0.5) is 19.4 Å². The number of amides is 1. The lowest BCUT2D eigenvalue weighted by Crippen LogP contribution is -2.57. The maximum atomic E-state index is 16.0. The van der Waals surface area contributed by atoms with E-state index in [1.165, 1.54) is 12.3 Å². The maximum absolute atomic E-state index is 16.0. The highest BCUT2D eigenvalue weighted by atomic mass is 35.5. The number of ether oxygens (including phenoxy) is 1. The Morgan fingerprint density at radius 2 is 1.74 bits per heavy atom. The van der Waals surface area contributed by atoms with Gasteiger partial charge in [-0.1, -0.05) is 30.3 Å². The maximum Gasteiger partial charge on any atom is 0.410 e. The number of carbonyl (C=O) groups excluding carboxylic acids is 1. The van der Waals surface area contributed by atoms with Gasteiger partial charge in [0.15, 0.2) is 5.82 Å². The molecule has 0 N–H and O–H groups in total. The lowest BCUT2D eigenvalue weighted by molar-refractivity contribution is 0.0123. The summed E-state index contributed by atoms with van der Waals surface area (Å²) in [6.07, 6.45) is 2.86. The SMILES string of the molecule is CC(C)(C)OC(=O)N1C2CCC1CN(c1nc(Cl)nc3c(F)c(-c4cccc5cccc(F)c45)ncc13)C2. The number of anilines is 1. The highest BCUT2D eigenvalue weighted by molar-refractivity contribution is 6.28. The van der Waals surface area contributed by atoms with Crippen LogP contribution in [0.15, 0.2) is 42.6 Å². The van der Waals surface area contributed by atoms with E-state index in [1.54, 1.807) is 30.3 Å². The predicted molar refractivity (Wildman–Crippen MR) is 142 cm³/mol. The summed E-state index contributed by atoms with van der Waals surface area (Å²) < 4.78 is 36.4. The van der Waals surface area contributed by atoms with Crippen molar-refractivity contribution in [3.05, 3.63) is 59.5 Å². The lowest BCUT2D eigenvalue weighted by atomic mass is 10.0. The minimum Gasteiger partial charge on any atom is -0.444 e. The molecule has 2 saturated heterocycles. The first-order valence-corrected chi connectivity index (χ1v) is 12.9. The molecule has 2 aliphatic rings. The minimum absolute atomic E-state index is 0.0104. The van der Waals surface area contributed by atoms with Gasteiger partial charge in [-0.05, 0) is 56.7 Å². The van der Waals surface area contributed by atoms with Crippen molar-refractivity contribution in [3.63, 3.8) is 0 Å². The number of pyridine rings is 1. The van der Waals surface area contributed by atoms with Crippen LogP contribution in [0.1, 0.15) is 33.6 Å². The Hall–Kier alpha value is -3.59. The summed E-state index contributed by atoms with van der Waals surface area (Å²) in [7, 11) is 0. The topological polar surface area (TPSA) is 71.5 Å². The molecule has 0 saturated carbocycles. The molecule has 10 heteroatoms. The van der Waals surface area contributed by atoms with E-state index in [0.29, 0.717) is 35.2 Å². The number of nitrogens with zero attached hydrogens (tertiary/aromatic N) is 5. The number of aromatic nitrogens is 3. The lowest BCUT2D eigenvalue weighted by Gasteiger charge is -2.42. The summed E-state index contributed by atoms with van der Waals surface area (Å²) in [5.74, 6) is -0.693. The van der Waals surface area contributed by atoms with E-state index in [1.807, 2.05) is 30.6 Å². The van der Waals surface area contributed by atoms with E-state index in [9.17, 15) is 9.18 Å². The van der Waals surface area contributed by atoms with Crippen LogP contribution >= 0.6 is 11.6 Å². The molecule has 1 amide bonds. The van der Waals surface area contributed by atoms with Crippen LogP contribution in [-0.2, 0) is 4.74 Å². The van der Waals surface area contributed by atoms with Crippen LogP contribution in [0, 0.1) is 11.6 Å². The number of fused-ring (bicyclic) bond motifs is 4. The van der Waals surface area contributed by atoms with Crippen LogP contribution in [0.2, 0.25) is 5.28 Å². The van der Waals surface area contributed by atoms with Crippen molar-refractivity contribution >= 4 is 45.2 Å². The Balaban J connectivity index is 1.39. The van der Waals surface area contributed by atoms with Gasteiger partial charge in [0.2, 0.25) is 5.28 Å². The van der Waals surface area contributed by atoms with Crippen LogP contribution < -0.4 is 4.90 Å². The molecule has 2 fully saturated rings. The second-order valence-electron chi connectivity index (χ2n) is 10.8. The van der Waals surface area contributed by atoms with Crippen molar-refractivity contribution in [3.8, 4) is 11.3 Å². The van der Waals surface area contributed by atoms with E-state index in [2.05, 4.69) is 15.0 Å². The predicted octanol–water partition coefficient (Wildman–Crippen LogP) is 6.36. The molecule has 2 aromatic heterocycles. The van der Waals surface area contributed by atoms with Crippen LogP contribution in [0.25, 0.3) is 32.9 Å². The smallest absolute Gasteiger partial charge is 0.410 e. The van der Waals surface area contributed by atoms with Crippen molar-refractivity contribution in [1.82, 2.24) is 19.9 Å². The molecule has 2 aliphatic heterocycles. The molecule has 4 aromatic rings. The molecular weight excluding hydrogens is 512 g/mol. The largest absolute Gasteiger partial charge is 0.444 e. The molecule has 7 nitrogen and oxygen atoms in total. The standard InChI is InChI=1S/C28H26ClF2N5O2/c1-28(2,3)38-27(37)36-16-10-11-17(36)14-35(13-16)25-19-12-32-23(22(31)24(19)33-26(29)34-25)18-8-4-6-15-7-5-9-20(30)21(15)18/h4-9,12,16-17H,10-11,13-14H2,1-3H3. The summed E-state index contributed by atoms with van der Waals surface area (Å²) in [6.45, 7) is 6.54. The Morgan fingerprint density at radius 3 is 2.42 bits per heavy atom. The van der Waals surface area contributed by atoms with Gasteiger partial charge in [-0.2, -0.15) is 4.98 Å². The van der Waals surface area contributed by atoms with Crippen LogP contribution in [-0.4, -0.2) is 56.7 Å². The molecule has 2 unspecified atom stereocenters. The Kier molecular flexibility index (Phi) is 5.86. The van der Waals surface area contributed by atoms with Gasteiger partial charge in [0.1, 0.15) is 28.4 Å². The van der Waals surface area contributed by atoms with E-state index in [-0.39, 0.29) is 40.1 Å². The van der Waals surface area contributed by atoms with Gasteiger partial charge < -0.3 is 9.64 Å². The molecule has 2 atom stereocenters. The van der Waals surface area contributed by atoms with Gasteiger partial charge >= 0.3 is 6.09 Å². The third-order valence-corrected chi connectivity index (χ3v) is 7.30. The van der Waals surface area contributed by atoms with Gasteiger partial charge in [-0.3, -0.25) is 9.88 Å². The summed E-state index contributed by atoms with van der Waals surface area (Å²) in [4.78, 5) is 29.7. The third-order valence-electron chi connectivity index (χ3n) is 7.13. The average Bonchev–Trinajstić information content (AvgIpc) is 3.13. The summed E-state index contributed by atoms with van der Waals surface area (Å²) >= 11 is 6.29. The molecule has 196 valence electrons. The highest BCUT2D eigenvalue weighted by Crippen LogP contribution is 2.38. The Bertz CT molecular complexity index is 1570. The Morgan fingerprint density at radius 1 is 1.05 bits per heavy atom. The van der Waals surface area contributed by atoms with E-state index >= 15 is 4.39 Å². The van der Waals surface area contributed by atoms with Crippen molar-refractivity contribution in [2.24, 2.45) is 0 Å². The molecular formula is C28H26ClF2N5O2. The molecule has 2 aromatic carbocycles. The van der Waals surface area contributed by atoms with E-state index < -0.39 is 17.2 Å². The molecule has 0 radical (unpaired) electrons. The average molecular weight is 538 g/mol. The van der Waals surface area contributed by atoms with Crippen molar-refractivity contribution in [2.75, 3.05) is 18.0 Å². The zero-order chi connectivity index (χ0) is 26.8. The van der Waals surface area contributed by atoms with Crippen molar-refractivity contribution in [1.29, 1.82) is 0 Å². The first-order chi connectivity index (χ1) is 18.1. The summed E-state index contributed by atoms with van der Waals surface area (Å²) in [5.41, 5.74) is -0.248.